The van der Waals surface area contributed by atoms with Crippen molar-refractivity contribution >= 4 is 27.8 Å². The molecule has 2 atom stereocenters. The van der Waals surface area contributed by atoms with E-state index in [0.29, 0.717) is 0 Å². The van der Waals surface area contributed by atoms with E-state index >= 15 is 0 Å². The van der Waals surface area contributed by atoms with Crippen LogP contribution >= 0.6 is 17.0 Å². The van der Waals surface area contributed by atoms with E-state index in [-0.39, 0.29) is 23.0 Å². The van der Waals surface area contributed by atoms with Gasteiger partial charge in [0, 0.05) is 6.04 Å². The number of aryl methyl sites for hydroxylation is 2. The number of fused-ring (bicyclic) bond motifs is 3. The predicted octanol–water partition coefficient (Wildman–Crippen LogP) is 4.47. The number of halogens is 1. The van der Waals surface area contributed by atoms with Crippen LogP contribution in [0.1, 0.15) is 54.9 Å². The summed E-state index contributed by atoms with van der Waals surface area (Å²) < 4.78 is 0. The maximum atomic E-state index is 11.0. The van der Waals surface area contributed by atoms with Gasteiger partial charge in [-0.05, 0) is 72.5 Å². The van der Waals surface area contributed by atoms with E-state index in [1.165, 1.54) is 54.0 Å². The molecular formula is C20H26BrNO. The molecule has 124 valence electrons. The molecule has 3 heteroatoms. The highest BCUT2D eigenvalue weighted by molar-refractivity contribution is 8.93. The summed E-state index contributed by atoms with van der Waals surface area (Å²) in [5.74, 6) is 0. The minimum Gasteiger partial charge on any atom is -0.387 e. The van der Waals surface area contributed by atoms with Crippen LogP contribution in [0.3, 0.4) is 0 Å². The Bertz CT molecular complexity index is 679. The van der Waals surface area contributed by atoms with E-state index in [4.69, 9.17) is 0 Å². The van der Waals surface area contributed by atoms with Crippen molar-refractivity contribution in [2.45, 2.75) is 57.1 Å². The van der Waals surface area contributed by atoms with Crippen LogP contribution in [-0.4, -0.2) is 17.7 Å². The highest BCUT2D eigenvalue weighted by Crippen LogP contribution is 2.36. The van der Waals surface area contributed by atoms with Gasteiger partial charge in [-0.15, -0.1) is 17.0 Å². The Kier molecular flexibility index (Phi) is 5.40. The molecule has 0 aromatic heterocycles. The van der Waals surface area contributed by atoms with Gasteiger partial charge in [-0.2, -0.15) is 0 Å². The van der Waals surface area contributed by atoms with Crippen molar-refractivity contribution in [1.29, 1.82) is 0 Å². The van der Waals surface area contributed by atoms with Crippen molar-refractivity contribution in [1.82, 2.24) is 5.32 Å². The fourth-order valence-corrected chi connectivity index (χ4v) is 4.27. The van der Waals surface area contributed by atoms with Crippen molar-refractivity contribution in [3.8, 4) is 0 Å². The van der Waals surface area contributed by atoms with Gasteiger partial charge in [0.1, 0.15) is 0 Å². The third-order valence-corrected chi connectivity index (χ3v) is 5.45. The third kappa shape index (κ3) is 3.19. The van der Waals surface area contributed by atoms with Crippen LogP contribution in [0.15, 0.2) is 30.3 Å². The van der Waals surface area contributed by atoms with Crippen molar-refractivity contribution in [2.75, 3.05) is 6.54 Å². The minimum absolute atomic E-state index is 0. The summed E-state index contributed by atoms with van der Waals surface area (Å²) in [7, 11) is 0. The lowest BCUT2D eigenvalue weighted by Gasteiger charge is -2.30. The zero-order valence-corrected chi connectivity index (χ0v) is 15.3. The van der Waals surface area contributed by atoms with Gasteiger partial charge >= 0.3 is 0 Å². The standard InChI is InChI=1S/C20H25NO.BrH/c22-20(19-11-5-6-12-21-19)18-13-14-7-1-2-8-15(14)16-9-3-4-10-17(16)18;/h3-4,9-10,13,19-22H,1-2,5-8,11-12H2;1H. The van der Waals surface area contributed by atoms with Crippen molar-refractivity contribution < 1.29 is 5.11 Å². The number of aliphatic hydroxyl groups is 1. The average molecular weight is 376 g/mol. The third-order valence-electron chi connectivity index (χ3n) is 5.45. The zero-order valence-electron chi connectivity index (χ0n) is 13.6. The van der Waals surface area contributed by atoms with E-state index in [1.54, 1.807) is 0 Å². The Morgan fingerprint density at radius 3 is 2.57 bits per heavy atom. The van der Waals surface area contributed by atoms with Crippen molar-refractivity contribution in [3.05, 3.63) is 47.0 Å². The Morgan fingerprint density at radius 2 is 1.78 bits per heavy atom. The van der Waals surface area contributed by atoms with Gasteiger partial charge in [0.15, 0.2) is 0 Å². The maximum absolute atomic E-state index is 11.0. The summed E-state index contributed by atoms with van der Waals surface area (Å²) in [4.78, 5) is 0. The normalized spacial score (nSPS) is 22.2. The molecule has 4 rings (SSSR count). The van der Waals surface area contributed by atoms with Crippen LogP contribution < -0.4 is 5.32 Å². The molecule has 1 heterocycles. The second kappa shape index (κ2) is 7.33. The summed E-state index contributed by atoms with van der Waals surface area (Å²) in [5, 5.41) is 17.1. The summed E-state index contributed by atoms with van der Waals surface area (Å²) in [6, 6.07) is 11.2. The molecular weight excluding hydrogens is 350 g/mol. The molecule has 0 amide bonds. The largest absolute Gasteiger partial charge is 0.387 e. The van der Waals surface area contributed by atoms with Crippen LogP contribution in [0, 0.1) is 0 Å². The Labute approximate surface area is 149 Å². The fraction of sp³-hybridized carbons (Fsp3) is 0.500. The van der Waals surface area contributed by atoms with Gasteiger partial charge in [-0.1, -0.05) is 36.8 Å². The minimum atomic E-state index is -0.391. The highest BCUT2D eigenvalue weighted by atomic mass is 79.9. The number of nitrogens with one attached hydrogen (secondary N) is 1. The molecule has 2 aromatic carbocycles. The van der Waals surface area contributed by atoms with E-state index < -0.39 is 6.10 Å². The smallest absolute Gasteiger partial charge is 0.0949 e. The van der Waals surface area contributed by atoms with Crippen LogP contribution in [-0.2, 0) is 12.8 Å². The van der Waals surface area contributed by atoms with Gasteiger partial charge in [0.05, 0.1) is 6.10 Å². The first kappa shape index (κ1) is 16.9. The van der Waals surface area contributed by atoms with E-state index in [0.717, 1.165) is 24.9 Å². The van der Waals surface area contributed by atoms with Crippen molar-refractivity contribution in [3.63, 3.8) is 0 Å². The van der Waals surface area contributed by atoms with E-state index in [9.17, 15) is 5.11 Å². The molecule has 23 heavy (non-hydrogen) atoms. The van der Waals surface area contributed by atoms with Crippen LogP contribution in [0.2, 0.25) is 0 Å². The van der Waals surface area contributed by atoms with Gasteiger partial charge in [-0.3, -0.25) is 0 Å². The Morgan fingerprint density at radius 1 is 1.00 bits per heavy atom. The Hall–Kier alpha value is -0.900. The summed E-state index contributed by atoms with van der Waals surface area (Å²) >= 11 is 0. The number of aliphatic hydroxyl groups excluding tert-OH is 1. The van der Waals surface area contributed by atoms with Gasteiger partial charge in [0.2, 0.25) is 0 Å². The molecule has 2 aromatic rings. The molecule has 0 spiro atoms. The van der Waals surface area contributed by atoms with Crippen LogP contribution in [0.25, 0.3) is 10.8 Å². The molecule has 2 N–H and O–H groups in total. The monoisotopic (exact) mass is 375 g/mol. The van der Waals surface area contributed by atoms with Gasteiger partial charge in [-0.25, -0.2) is 0 Å². The van der Waals surface area contributed by atoms with Crippen LogP contribution in [0.5, 0.6) is 0 Å². The molecule has 0 radical (unpaired) electrons. The first-order valence-corrected chi connectivity index (χ1v) is 8.79. The molecule has 0 saturated carbocycles. The number of piperidine rings is 1. The van der Waals surface area contributed by atoms with E-state index in [2.05, 4.69) is 35.6 Å². The number of hydrogen-bond donors (Lipinski definition) is 2. The zero-order chi connectivity index (χ0) is 14.9. The van der Waals surface area contributed by atoms with E-state index in [1.807, 2.05) is 0 Å². The summed E-state index contributed by atoms with van der Waals surface area (Å²) in [5.41, 5.74) is 4.12. The molecule has 1 saturated heterocycles. The second-order valence-corrected chi connectivity index (χ2v) is 6.86. The molecule has 0 bridgehead atoms. The second-order valence-electron chi connectivity index (χ2n) is 6.86. The quantitative estimate of drug-likeness (QED) is 0.811. The average Bonchev–Trinajstić information content (AvgIpc) is 2.61. The lowest BCUT2D eigenvalue weighted by atomic mass is 9.83. The lowest BCUT2D eigenvalue weighted by molar-refractivity contribution is 0.115. The first-order valence-electron chi connectivity index (χ1n) is 8.79. The predicted molar refractivity (Wildman–Crippen MR) is 102 cm³/mol. The fourth-order valence-electron chi connectivity index (χ4n) is 4.27. The number of benzene rings is 2. The lowest BCUT2D eigenvalue weighted by Crippen LogP contribution is -2.38. The number of hydrogen-bond acceptors (Lipinski definition) is 2. The number of rotatable bonds is 2. The summed E-state index contributed by atoms with van der Waals surface area (Å²) in [6.07, 6.45) is 8.06. The molecule has 1 aliphatic carbocycles. The van der Waals surface area contributed by atoms with Gasteiger partial charge < -0.3 is 10.4 Å². The first-order chi connectivity index (χ1) is 10.8. The molecule has 1 aliphatic heterocycles. The Balaban J connectivity index is 0.00000156. The molecule has 2 unspecified atom stereocenters. The topological polar surface area (TPSA) is 32.3 Å². The molecule has 2 aliphatic rings. The van der Waals surface area contributed by atoms with Gasteiger partial charge in [0.25, 0.3) is 0 Å². The summed E-state index contributed by atoms with van der Waals surface area (Å²) in [6.45, 7) is 1.03. The molecule has 2 nitrogen and oxygen atoms in total. The van der Waals surface area contributed by atoms with Crippen molar-refractivity contribution in [2.24, 2.45) is 0 Å². The van der Waals surface area contributed by atoms with Crippen LogP contribution in [0.4, 0.5) is 0 Å². The highest BCUT2D eigenvalue weighted by Gasteiger charge is 2.26. The molecule has 1 fully saturated rings. The maximum Gasteiger partial charge on any atom is 0.0949 e. The SMILES string of the molecule is Br.OC(c1cc2c(c3ccccc13)CCCC2)C1CCCCN1.